The summed E-state index contributed by atoms with van der Waals surface area (Å²) in [5.74, 6) is -0.278. The minimum atomic E-state index is -0.572. The quantitative estimate of drug-likeness (QED) is 0.714. The molecule has 7 heteroatoms. The van der Waals surface area contributed by atoms with E-state index in [-0.39, 0.29) is 12.3 Å². The molecule has 0 saturated heterocycles. The molecule has 0 unspecified atom stereocenters. The molecule has 0 bridgehead atoms. The number of hydrogen-bond donors (Lipinski definition) is 3. The van der Waals surface area contributed by atoms with Crippen LogP contribution in [0.25, 0.3) is 0 Å². The van der Waals surface area contributed by atoms with E-state index in [1.807, 2.05) is 31.2 Å². The average Bonchev–Trinajstić information content (AvgIpc) is 2.56. The Labute approximate surface area is 150 Å². The van der Waals surface area contributed by atoms with Gasteiger partial charge in [0, 0.05) is 12.1 Å². The fourth-order valence-electron chi connectivity index (χ4n) is 1.94. The smallest absolute Gasteiger partial charge is 0.307 e. The molecule has 0 aromatic heterocycles. The molecule has 2 rings (SSSR count). The monoisotopic (exact) mass is 365 g/mol. The van der Waals surface area contributed by atoms with Gasteiger partial charge in [-0.15, -0.1) is 0 Å². The third-order valence-corrected chi connectivity index (χ3v) is 3.99. The lowest BCUT2D eigenvalue weighted by Gasteiger charge is -2.09. The second-order valence-electron chi connectivity index (χ2n) is 5.24. The van der Waals surface area contributed by atoms with Crippen molar-refractivity contribution in [3.05, 3.63) is 63.6 Å². The molecule has 0 aliphatic carbocycles. The van der Waals surface area contributed by atoms with Crippen LogP contribution in [0.1, 0.15) is 17.5 Å². The molecular weight excluding hydrogens is 349 g/mol. The Bertz CT molecular complexity index is 733. The van der Waals surface area contributed by atoms with E-state index in [1.165, 1.54) is 11.6 Å². The van der Waals surface area contributed by atoms with E-state index in [1.54, 1.807) is 12.1 Å². The molecule has 3 amide bonds. The Hall–Kier alpha value is -2.24. The summed E-state index contributed by atoms with van der Waals surface area (Å²) in [6, 6.07) is 12.1. The Morgan fingerprint density at radius 2 is 1.67 bits per heavy atom. The van der Waals surface area contributed by atoms with E-state index in [9.17, 15) is 9.59 Å². The molecule has 3 N–H and O–H groups in total. The lowest BCUT2D eigenvalue weighted by atomic mass is 10.1. The van der Waals surface area contributed by atoms with Gasteiger partial charge in [0.05, 0.1) is 10.0 Å². The normalized spacial score (nSPS) is 10.1. The summed E-state index contributed by atoms with van der Waals surface area (Å²) in [7, 11) is 0. The number of benzene rings is 2. The number of urea groups is 1. The first-order valence-electron chi connectivity index (χ1n) is 7.30. The van der Waals surface area contributed by atoms with Crippen LogP contribution in [-0.2, 0) is 11.2 Å². The van der Waals surface area contributed by atoms with Crippen LogP contribution in [-0.4, -0.2) is 11.9 Å². The van der Waals surface area contributed by atoms with Crippen LogP contribution in [0.3, 0.4) is 0 Å². The van der Waals surface area contributed by atoms with E-state index >= 15 is 0 Å². The molecule has 0 fully saturated rings. The van der Waals surface area contributed by atoms with Crippen molar-refractivity contribution in [1.29, 1.82) is 0 Å². The third kappa shape index (κ3) is 5.76. The summed E-state index contributed by atoms with van der Waals surface area (Å²) >= 11 is 11.7. The van der Waals surface area contributed by atoms with Gasteiger partial charge in [-0.25, -0.2) is 10.2 Å². The number of amides is 3. The number of halogens is 2. The van der Waals surface area contributed by atoms with Crippen molar-refractivity contribution < 1.29 is 9.59 Å². The number of aryl methyl sites for hydroxylation is 2. The maximum atomic E-state index is 11.7. The topological polar surface area (TPSA) is 70.2 Å². The van der Waals surface area contributed by atoms with E-state index in [2.05, 4.69) is 16.2 Å². The highest BCUT2D eigenvalue weighted by atomic mass is 35.5. The van der Waals surface area contributed by atoms with Crippen molar-refractivity contribution in [2.24, 2.45) is 0 Å². The van der Waals surface area contributed by atoms with Gasteiger partial charge in [-0.1, -0.05) is 53.0 Å². The highest BCUT2D eigenvalue weighted by Crippen LogP contribution is 2.24. The zero-order chi connectivity index (χ0) is 17.5. The zero-order valence-electron chi connectivity index (χ0n) is 13.0. The van der Waals surface area contributed by atoms with E-state index < -0.39 is 6.03 Å². The Morgan fingerprint density at radius 1 is 0.958 bits per heavy atom. The van der Waals surface area contributed by atoms with Crippen LogP contribution >= 0.6 is 23.2 Å². The summed E-state index contributed by atoms with van der Waals surface area (Å²) in [5, 5.41) is 3.26. The Balaban J connectivity index is 1.73. The summed E-state index contributed by atoms with van der Waals surface area (Å²) in [6.45, 7) is 2.01. The predicted molar refractivity (Wildman–Crippen MR) is 96.3 cm³/mol. The molecule has 126 valence electrons. The number of carbonyl (C=O) groups excluding carboxylic acids is 2. The highest BCUT2D eigenvalue weighted by molar-refractivity contribution is 6.42. The molecule has 5 nitrogen and oxygen atoms in total. The minimum Gasteiger partial charge on any atom is -0.307 e. The SMILES string of the molecule is Cc1ccc(CCC(=O)NNC(=O)Nc2ccc(Cl)c(Cl)c2)cc1. The summed E-state index contributed by atoms with van der Waals surface area (Å²) in [5.41, 5.74) is 7.34. The van der Waals surface area contributed by atoms with Gasteiger partial charge in [0.15, 0.2) is 0 Å². The Morgan fingerprint density at radius 3 is 2.33 bits per heavy atom. The van der Waals surface area contributed by atoms with Gasteiger partial charge in [-0.2, -0.15) is 0 Å². The molecule has 0 saturated carbocycles. The van der Waals surface area contributed by atoms with E-state index in [0.29, 0.717) is 22.2 Å². The van der Waals surface area contributed by atoms with Gasteiger partial charge < -0.3 is 5.32 Å². The number of hydrazine groups is 1. The maximum absolute atomic E-state index is 11.7. The van der Waals surface area contributed by atoms with Crippen molar-refractivity contribution >= 4 is 40.8 Å². The van der Waals surface area contributed by atoms with Crippen LogP contribution in [0.4, 0.5) is 10.5 Å². The number of rotatable bonds is 4. The number of hydrogen-bond acceptors (Lipinski definition) is 2. The van der Waals surface area contributed by atoms with Crippen LogP contribution in [0, 0.1) is 6.92 Å². The first kappa shape index (κ1) is 18.1. The molecule has 0 radical (unpaired) electrons. The fraction of sp³-hybridized carbons (Fsp3) is 0.176. The standard InChI is InChI=1S/C17H17Cl2N3O2/c1-11-2-4-12(5-3-11)6-9-16(23)21-22-17(24)20-13-7-8-14(18)15(19)10-13/h2-5,7-8,10H,6,9H2,1H3,(H,21,23)(H2,20,22,24). The van der Waals surface area contributed by atoms with Gasteiger partial charge >= 0.3 is 6.03 Å². The molecule has 24 heavy (non-hydrogen) atoms. The largest absolute Gasteiger partial charge is 0.337 e. The van der Waals surface area contributed by atoms with Crippen molar-refractivity contribution in [2.75, 3.05) is 5.32 Å². The highest BCUT2D eigenvalue weighted by Gasteiger charge is 2.06. The molecule has 0 spiro atoms. The number of carbonyl (C=O) groups is 2. The number of nitrogens with one attached hydrogen (secondary N) is 3. The predicted octanol–water partition coefficient (Wildman–Crippen LogP) is 4.09. The summed E-state index contributed by atoms with van der Waals surface area (Å²) in [4.78, 5) is 23.5. The van der Waals surface area contributed by atoms with Crippen LogP contribution in [0.15, 0.2) is 42.5 Å². The minimum absolute atomic E-state index is 0.274. The second kappa shape index (κ2) is 8.57. The van der Waals surface area contributed by atoms with Gasteiger partial charge in [-0.05, 0) is 37.1 Å². The first-order chi connectivity index (χ1) is 11.4. The van der Waals surface area contributed by atoms with Gasteiger partial charge in [-0.3, -0.25) is 10.2 Å². The van der Waals surface area contributed by atoms with Crippen LogP contribution in [0.2, 0.25) is 10.0 Å². The second-order valence-corrected chi connectivity index (χ2v) is 6.06. The molecule has 0 aliphatic heterocycles. The molecule has 0 heterocycles. The fourth-order valence-corrected chi connectivity index (χ4v) is 2.24. The average molecular weight is 366 g/mol. The lowest BCUT2D eigenvalue weighted by Crippen LogP contribution is -2.44. The van der Waals surface area contributed by atoms with Crippen LogP contribution < -0.4 is 16.2 Å². The lowest BCUT2D eigenvalue weighted by molar-refractivity contribution is -0.121. The van der Waals surface area contributed by atoms with Crippen molar-refractivity contribution in [1.82, 2.24) is 10.9 Å². The van der Waals surface area contributed by atoms with Crippen molar-refractivity contribution in [3.63, 3.8) is 0 Å². The van der Waals surface area contributed by atoms with Crippen LogP contribution in [0.5, 0.6) is 0 Å². The summed E-state index contributed by atoms with van der Waals surface area (Å²) in [6.07, 6.45) is 0.873. The Kier molecular flexibility index (Phi) is 6.46. The summed E-state index contributed by atoms with van der Waals surface area (Å²) < 4.78 is 0. The van der Waals surface area contributed by atoms with Crippen molar-refractivity contribution in [3.8, 4) is 0 Å². The molecule has 2 aromatic carbocycles. The van der Waals surface area contributed by atoms with Gasteiger partial charge in [0.2, 0.25) is 5.91 Å². The molecule has 0 aliphatic rings. The zero-order valence-corrected chi connectivity index (χ0v) is 14.5. The molecule has 2 aromatic rings. The van der Waals surface area contributed by atoms with Gasteiger partial charge in [0.25, 0.3) is 0 Å². The number of anilines is 1. The van der Waals surface area contributed by atoms with E-state index in [4.69, 9.17) is 23.2 Å². The van der Waals surface area contributed by atoms with Gasteiger partial charge in [0.1, 0.15) is 0 Å². The van der Waals surface area contributed by atoms with Crippen molar-refractivity contribution in [2.45, 2.75) is 19.8 Å². The molecule has 0 atom stereocenters. The first-order valence-corrected chi connectivity index (χ1v) is 8.06. The molecular formula is C17H17Cl2N3O2. The third-order valence-electron chi connectivity index (χ3n) is 3.25. The van der Waals surface area contributed by atoms with E-state index in [0.717, 1.165) is 5.56 Å². The maximum Gasteiger partial charge on any atom is 0.337 e.